The van der Waals surface area contributed by atoms with Gasteiger partial charge >= 0.3 is 11.9 Å². The lowest BCUT2D eigenvalue weighted by atomic mass is 9.40. The summed E-state index contributed by atoms with van der Waals surface area (Å²) in [5.74, 6) is 5.15. The topological polar surface area (TPSA) is 161 Å². The molecule has 4 N–H and O–H groups in total. The van der Waals surface area contributed by atoms with E-state index in [1.807, 2.05) is 0 Å². The summed E-state index contributed by atoms with van der Waals surface area (Å²) >= 11 is 0. The minimum Gasteiger partial charge on any atom is -0.481 e. The molecule has 25 atom stereocenters. The number of esters is 1. The maximum Gasteiger partial charge on any atom is 0.306 e. The van der Waals surface area contributed by atoms with Crippen molar-refractivity contribution in [1.29, 1.82) is 0 Å². The highest BCUT2D eigenvalue weighted by molar-refractivity contribution is 5.69. The van der Waals surface area contributed by atoms with Gasteiger partial charge in [0.1, 0.15) is 13.6 Å². The summed E-state index contributed by atoms with van der Waals surface area (Å²) in [6.07, 6.45) is 16.2. The number of aliphatic hydroxyl groups excluding tert-OH is 3. The van der Waals surface area contributed by atoms with Gasteiger partial charge in [-0.05, 0) is 188 Å². The summed E-state index contributed by atoms with van der Waals surface area (Å²) in [6.45, 7) is 23.8. The third-order valence-electron chi connectivity index (χ3n) is 23.7. The van der Waals surface area contributed by atoms with E-state index in [0.29, 0.717) is 79.2 Å². The van der Waals surface area contributed by atoms with Crippen molar-refractivity contribution in [1.82, 2.24) is 0 Å². The average molecular weight is 987 g/mol. The predicted molar refractivity (Wildman–Crippen MR) is 272 cm³/mol. The van der Waals surface area contributed by atoms with Gasteiger partial charge in [-0.25, -0.2) is 0 Å². The number of carboxylic acid groups (broad SMARTS) is 1. The number of carboxylic acids is 1. The Kier molecular flexibility index (Phi) is 18.1. The summed E-state index contributed by atoms with van der Waals surface area (Å²) in [6, 6.07) is 0. The minimum absolute atomic E-state index is 0.0212. The molecule has 11 nitrogen and oxygen atoms in total. The van der Waals surface area contributed by atoms with E-state index >= 15 is 0 Å². The predicted octanol–water partition coefficient (Wildman–Crippen LogP) is 11.0. The Bertz CT molecular complexity index is 1740. The molecule has 0 aromatic heterocycles. The normalized spacial score (nSPS) is 48.5. The Balaban J connectivity index is 0.000000209. The number of aliphatic hydroxyl groups is 3. The van der Waals surface area contributed by atoms with Crippen molar-refractivity contribution < 1.29 is 53.7 Å². The molecular weight excluding hydrogens is 885 g/mol. The van der Waals surface area contributed by atoms with Gasteiger partial charge in [-0.1, -0.05) is 88.5 Å². The first-order valence-electron chi connectivity index (χ1n) is 28.7. The van der Waals surface area contributed by atoms with E-state index < -0.39 is 12.1 Å². The standard InChI is InChI=1S/C32H56O6.C27H46O5/c1-9-22-25-16-20(2)14-15-31(25,4)26-17-27(37-18-34-6)32(5)23(21(3)10-13-28(33)36-8)11-12-24(32)29(26)30(22)38-19-35-7;1-6-17-20-12-16(28)9-10-26(20,4)21-13-22(29)27(5)18(14(2)11-15(3)25(31)32)7-8-19(27)23(21)24(17)30/h20-27,29-30H,9-19H2,1-8H3;14-24,28-30H,6-13H2,1-5H3,(H,31,32)/t20-,21-,22-,23-,24?,25+,26?,27+,29+,30-,31+,32-;14-,15?,16-,17-,18-,19?,20+,21?,22+,23+,24-,26+,27-/m11/s1. The molecule has 8 aliphatic carbocycles. The van der Waals surface area contributed by atoms with Gasteiger partial charge in [-0.3, -0.25) is 9.59 Å². The number of ether oxygens (including phenoxy) is 5. The first-order valence-corrected chi connectivity index (χ1v) is 28.7. The van der Waals surface area contributed by atoms with Crippen LogP contribution in [0, 0.1) is 116 Å². The van der Waals surface area contributed by atoms with Gasteiger partial charge in [0.2, 0.25) is 0 Å². The Morgan fingerprint density at radius 1 is 0.643 bits per heavy atom. The minimum atomic E-state index is -0.743. The zero-order chi connectivity index (χ0) is 51.2. The summed E-state index contributed by atoms with van der Waals surface area (Å²) in [5, 5.41) is 43.3. The van der Waals surface area contributed by atoms with Crippen LogP contribution < -0.4 is 0 Å². The Morgan fingerprint density at radius 3 is 1.81 bits per heavy atom. The second-order valence-corrected chi connectivity index (χ2v) is 26.5. The van der Waals surface area contributed by atoms with E-state index in [0.717, 1.165) is 70.1 Å². The molecule has 8 rings (SSSR count). The summed E-state index contributed by atoms with van der Waals surface area (Å²) in [5.41, 5.74) is 0.131. The molecule has 0 amide bonds. The molecule has 11 heteroatoms. The number of fused-ring (bicyclic) bond motifs is 10. The van der Waals surface area contributed by atoms with Crippen molar-refractivity contribution in [3.63, 3.8) is 0 Å². The molecule has 0 heterocycles. The Hall–Kier alpha value is -1.34. The molecule has 0 aromatic carbocycles. The van der Waals surface area contributed by atoms with Crippen LogP contribution in [-0.4, -0.2) is 97.8 Å². The Labute approximate surface area is 424 Å². The van der Waals surface area contributed by atoms with Crippen LogP contribution in [0.2, 0.25) is 0 Å². The van der Waals surface area contributed by atoms with Gasteiger partial charge in [0.25, 0.3) is 0 Å². The van der Waals surface area contributed by atoms with Crippen LogP contribution in [0.4, 0.5) is 0 Å². The summed E-state index contributed by atoms with van der Waals surface area (Å²) < 4.78 is 29.4. The van der Waals surface area contributed by atoms with E-state index in [2.05, 4.69) is 62.3 Å². The molecule has 70 heavy (non-hydrogen) atoms. The van der Waals surface area contributed by atoms with Crippen LogP contribution in [-0.2, 0) is 33.3 Å². The monoisotopic (exact) mass is 987 g/mol. The SMILES string of the molecule is CC[C@H]1[C@@H](O)[C@H]2C3CC[C@H]([C@H](C)CC(C)C(=O)O)[C@@]3(C)[C@@H](O)CC2[C@@]2(C)CC[C@@H](O)C[C@@H]12.CC[C@H]1[C@@H](OCOC)[C@H]2C3CC[C@H]([C@H](C)CCC(=O)OC)[C@@]3(C)[C@@H](OCOC)CC2[C@@]2(C)CC[C@@H](C)C[C@@H]12. The fraction of sp³-hybridized carbons (Fsp3) is 0.966. The number of methoxy groups -OCH3 is 3. The highest BCUT2D eigenvalue weighted by Crippen LogP contribution is 2.72. The van der Waals surface area contributed by atoms with Crippen molar-refractivity contribution >= 4 is 11.9 Å². The van der Waals surface area contributed by atoms with E-state index in [1.54, 1.807) is 21.1 Å². The molecule has 8 fully saturated rings. The smallest absolute Gasteiger partial charge is 0.306 e. The van der Waals surface area contributed by atoms with Crippen molar-refractivity contribution in [2.45, 2.75) is 209 Å². The molecule has 0 spiro atoms. The van der Waals surface area contributed by atoms with Crippen LogP contribution >= 0.6 is 0 Å². The largest absolute Gasteiger partial charge is 0.481 e. The molecule has 0 bridgehead atoms. The van der Waals surface area contributed by atoms with Crippen LogP contribution in [0.5, 0.6) is 0 Å². The number of rotatable bonds is 16. The highest BCUT2D eigenvalue weighted by Gasteiger charge is 2.70. The zero-order valence-electron chi connectivity index (χ0n) is 46.2. The maximum absolute atomic E-state index is 12.0. The van der Waals surface area contributed by atoms with Crippen LogP contribution in [0.15, 0.2) is 0 Å². The van der Waals surface area contributed by atoms with Crippen LogP contribution in [0.3, 0.4) is 0 Å². The average Bonchev–Trinajstić information content (AvgIpc) is 3.88. The van der Waals surface area contributed by atoms with E-state index in [4.69, 9.17) is 23.7 Å². The highest BCUT2D eigenvalue weighted by atomic mass is 16.7. The molecule has 0 aliphatic heterocycles. The van der Waals surface area contributed by atoms with E-state index in [-0.39, 0.29) is 88.1 Å². The molecule has 0 saturated heterocycles. The third-order valence-corrected chi connectivity index (χ3v) is 23.7. The molecule has 0 aromatic rings. The lowest BCUT2D eigenvalue weighted by molar-refractivity contribution is -0.262. The van der Waals surface area contributed by atoms with Gasteiger partial charge in [0, 0.05) is 26.1 Å². The molecule has 8 aliphatic rings. The molecule has 0 radical (unpaired) electrons. The molecule has 404 valence electrons. The number of hydrogen-bond donors (Lipinski definition) is 4. The number of hydrogen-bond acceptors (Lipinski definition) is 10. The molecule has 5 unspecified atom stereocenters. The number of aliphatic carboxylic acids is 1. The van der Waals surface area contributed by atoms with Crippen molar-refractivity contribution in [2.24, 2.45) is 116 Å². The van der Waals surface area contributed by atoms with Crippen molar-refractivity contribution in [3.05, 3.63) is 0 Å². The fourth-order valence-electron chi connectivity index (χ4n) is 20.2. The van der Waals surface area contributed by atoms with Gasteiger partial charge in [0.05, 0.1) is 43.5 Å². The van der Waals surface area contributed by atoms with Crippen molar-refractivity contribution in [3.8, 4) is 0 Å². The van der Waals surface area contributed by atoms with Gasteiger partial charge in [-0.15, -0.1) is 0 Å². The second kappa shape index (κ2) is 22.5. The van der Waals surface area contributed by atoms with Crippen molar-refractivity contribution in [2.75, 3.05) is 34.9 Å². The Morgan fingerprint density at radius 2 is 1.21 bits per heavy atom. The lowest BCUT2D eigenvalue weighted by Gasteiger charge is -2.66. The molecule has 8 saturated carbocycles. The number of carbonyl (C=O) groups is 2. The van der Waals surface area contributed by atoms with Gasteiger partial charge in [-0.2, -0.15) is 0 Å². The lowest BCUT2D eigenvalue weighted by Crippen LogP contribution is -2.65. The van der Waals surface area contributed by atoms with E-state index in [9.17, 15) is 30.0 Å². The summed E-state index contributed by atoms with van der Waals surface area (Å²) in [7, 11) is 4.98. The summed E-state index contributed by atoms with van der Waals surface area (Å²) in [4.78, 5) is 23.5. The third kappa shape index (κ3) is 9.75. The van der Waals surface area contributed by atoms with Crippen LogP contribution in [0.1, 0.15) is 178 Å². The first-order chi connectivity index (χ1) is 33.1. The van der Waals surface area contributed by atoms with E-state index in [1.165, 1.54) is 39.2 Å². The van der Waals surface area contributed by atoms with Gasteiger partial charge in [0.15, 0.2) is 0 Å². The van der Waals surface area contributed by atoms with Crippen LogP contribution in [0.25, 0.3) is 0 Å². The second-order valence-electron chi connectivity index (χ2n) is 26.5. The first kappa shape index (κ1) is 56.4. The molecular formula is C59H102O11. The zero-order valence-corrected chi connectivity index (χ0v) is 46.2. The fourth-order valence-corrected chi connectivity index (χ4v) is 20.2. The maximum atomic E-state index is 12.0. The quantitative estimate of drug-likeness (QED) is 0.0860. The van der Waals surface area contributed by atoms with Gasteiger partial charge < -0.3 is 44.1 Å². The number of carbonyl (C=O) groups excluding carboxylic acids is 1.